The average Bonchev–Trinajstić information content (AvgIpc) is 2.96. The number of fused-ring (bicyclic) bond motifs is 1. The van der Waals surface area contributed by atoms with Gasteiger partial charge in [0.25, 0.3) is 0 Å². The van der Waals surface area contributed by atoms with Crippen LogP contribution in [-0.2, 0) is 13.1 Å². The predicted octanol–water partition coefficient (Wildman–Crippen LogP) is 6.91. The molecule has 2 heteroatoms. The highest BCUT2D eigenvalue weighted by Crippen LogP contribution is 2.41. The maximum absolute atomic E-state index is 2.55. The molecule has 1 heterocycles. The van der Waals surface area contributed by atoms with Crippen molar-refractivity contribution in [3.8, 4) is 0 Å². The molecule has 0 aromatic heterocycles. The predicted molar refractivity (Wildman–Crippen MR) is 130 cm³/mol. The van der Waals surface area contributed by atoms with Crippen molar-refractivity contribution < 1.29 is 0 Å². The summed E-state index contributed by atoms with van der Waals surface area (Å²) in [5.74, 6) is 0. The number of aryl methyl sites for hydroxylation is 4. The second kappa shape index (κ2) is 7.83. The van der Waals surface area contributed by atoms with Gasteiger partial charge >= 0.3 is 0 Å². The third-order valence-corrected chi connectivity index (χ3v) is 7.08. The Labute approximate surface area is 182 Å². The highest BCUT2D eigenvalue weighted by molar-refractivity contribution is 5.77. The molecule has 2 nitrogen and oxygen atoms in total. The summed E-state index contributed by atoms with van der Waals surface area (Å²) in [7, 11) is 0. The lowest BCUT2D eigenvalue weighted by Gasteiger charge is -2.31. The average molecular weight is 399 g/mol. The maximum Gasteiger partial charge on any atom is 0.0995 e. The number of para-hydroxylation sites is 2. The number of anilines is 2. The Kier molecular flexibility index (Phi) is 5.36. The molecule has 0 saturated heterocycles. The Morgan fingerprint density at radius 3 is 1.27 bits per heavy atom. The van der Waals surface area contributed by atoms with Crippen LogP contribution in [0.4, 0.5) is 11.4 Å². The van der Waals surface area contributed by atoms with Crippen molar-refractivity contribution in [3.05, 3.63) is 93.0 Å². The summed E-state index contributed by atoms with van der Waals surface area (Å²) in [6.07, 6.45) is 0.311. The summed E-state index contributed by atoms with van der Waals surface area (Å²) in [4.78, 5) is 5.10. The molecule has 0 amide bonds. The summed E-state index contributed by atoms with van der Waals surface area (Å²) >= 11 is 0. The molecule has 0 spiro atoms. The first-order chi connectivity index (χ1) is 14.3. The standard InChI is InChI=1S/C28H34N2/c1-18-12-25(13-19(2)22(18)5)16-29-24(7)30(28-11-9-8-10-27(28)29)17-26-14-20(3)23(6)21(4)15-26/h8-15,24H,16-17H2,1-7H3. The minimum Gasteiger partial charge on any atom is -0.345 e. The minimum atomic E-state index is 0.311. The van der Waals surface area contributed by atoms with Gasteiger partial charge in [0.2, 0.25) is 0 Å². The van der Waals surface area contributed by atoms with Gasteiger partial charge < -0.3 is 9.80 Å². The van der Waals surface area contributed by atoms with E-state index in [1.165, 1.54) is 55.9 Å². The molecule has 0 saturated carbocycles. The summed E-state index contributed by atoms with van der Waals surface area (Å²) in [5, 5.41) is 0. The summed E-state index contributed by atoms with van der Waals surface area (Å²) < 4.78 is 0. The molecule has 4 rings (SSSR count). The van der Waals surface area contributed by atoms with Gasteiger partial charge in [-0.2, -0.15) is 0 Å². The van der Waals surface area contributed by atoms with Crippen molar-refractivity contribution in [2.75, 3.05) is 9.80 Å². The number of benzene rings is 3. The van der Waals surface area contributed by atoms with Crippen molar-refractivity contribution in [1.29, 1.82) is 0 Å². The zero-order chi connectivity index (χ0) is 21.6. The molecule has 1 aliphatic rings. The van der Waals surface area contributed by atoms with Crippen LogP contribution in [0.15, 0.2) is 48.5 Å². The molecule has 0 atom stereocenters. The monoisotopic (exact) mass is 398 g/mol. The van der Waals surface area contributed by atoms with Gasteiger partial charge in [0, 0.05) is 13.1 Å². The van der Waals surface area contributed by atoms with E-state index in [0.29, 0.717) is 6.17 Å². The Morgan fingerprint density at radius 2 is 0.933 bits per heavy atom. The quantitative estimate of drug-likeness (QED) is 0.471. The Balaban J connectivity index is 1.67. The molecule has 0 fully saturated rings. The smallest absolute Gasteiger partial charge is 0.0995 e. The molecular weight excluding hydrogens is 364 g/mol. The van der Waals surface area contributed by atoms with Crippen molar-refractivity contribution in [3.63, 3.8) is 0 Å². The van der Waals surface area contributed by atoms with E-state index in [-0.39, 0.29) is 0 Å². The Bertz CT molecular complexity index is 963. The first kappa shape index (κ1) is 20.5. The molecule has 0 N–H and O–H groups in total. The van der Waals surface area contributed by atoms with Gasteiger partial charge in [-0.1, -0.05) is 36.4 Å². The van der Waals surface area contributed by atoms with E-state index >= 15 is 0 Å². The second-order valence-electron chi connectivity index (χ2n) is 9.09. The summed E-state index contributed by atoms with van der Waals surface area (Å²) in [6.45, 7) is 17.5. The highest BCUT2D eigenvalue weighted by atomic mass is 15.4. The fourth-order valence-electron chi connectivity index (χ4n) is 4.78. The van der Waals surface area contributed by atoms with Crippen LogP contribution in [0.3, 0.4) is 0 Å². The van der Waals surface area contributed by atoms with Gasteiger partial charge in [-0.15, -0.1) is 0 Å². The molecule has 0 aliphatic carbocycles. The third kappa shape index (κ3) is 3.60. The van der Waals surface area contributed by atoms with Crippen LogP contribution in [0, 0.1) is 41.5 Å². The number of rotatable bonds is 4. The first-order valence-corrected chi connectivity index (χ1v) is 11.0. The van der Waals surface area contributed by atoms with Crippen LogP contribution in [0.2, 0.25) is 0 Å². The van der Waals surface area contributed by atoms with Gasteiger partial charge in [-0.25, -0.2) is 0 Å². The zero-order valence-electron chi connectivity index (χ0n) is 19.5. The molecule has 3 aromatic carbocycles. The fraction of sp³-hybridized carbons (Fsp3) is 0.357. The second-order valence-corrected chi connectivity index (χ2v) is 9.09. The van der Waals surface area contributed by atoms with Crippen LogP contribution < -0.4 is 9.80 Å². The van der Waals surface area contributed by atoms with E-state index in [4.69, 9.17) is 0 Å². The molecule has 1 aliphatic heterocycles. The molecular formula is C28H34N2. The normalized spacial score (nSPS) is 13.8. The van der Waals surface area contributed by atoms with Gasteiger partial charge in [-0.05, 0) is 105 Å². The van der Waals surface area contributed by atoms with E-state index in [0.717, 1.165) is 13.1 Å². The lowest BCUT2D eigenvalue weighted by atomic mass is 10.00. The first-order valence-electron chi connectivity index (χ1n) is 11.0. The van der Waals surface area contributed by atoms with Crippen LogP contribution in [0.1, 0.15) is 51.4 Å². The summed E-state index contributed by atoms with van der Waals surface area (Å²) in [6, 6.07) is 18.3. The van der Waals surface area contributed by atoms with Gasteiger partial charge in [0.1, 0.15) is 0 Å². The van der Waals surface area contributed by atoms with E-state index < -0.39 is 0 Å². The van der Waals surface area contributed by atoms with Crippen molar-refractivity contribution in [1.82, 2.24) is 0 Å². The van der Waals surface area contributed by atoms with Crippen molar-refractivity contribution in [2.24, 2.45) is 0 Å². The molecule has 30 heavy (non-hydrogen) atoms. The SMILES string of the molecule is Cc1cc(CN2c3ccccc3N(Cc3cc(C)c(C)c(C)c3)C2C)cc(C)c1C. The molecule has 3 aromatic rings. The van der Waals surface area contributed by atoms with Gasteiger partial charge in [-0.3, -0.25) is 0 Å². The van der Waals surface area contributed by atoms with Crippen molar-refractivity contribution >= 4 is 11.4 Å². The number of nitrogens with zero attached hydrogens (tertiary/aromatic N) is 2. The molecule has 156 valence electrons. The Morgan fingerprint density at radius 1 is 0.600 bits per heavy atom. The van der Waals surface area contributed by atoms with Crippen LogP contribution in [0.25, 0.3) is 0 Å². The third-order valence-electron chi connectivity index (χ3n) is 7.08. The lowest BCUT2D eigenvalue weighted by molar-refractivity contribution is 0.617. The zero-order valence-corrected chi connectivity index (χ0v) is 19.5. The van der Waals surface area contributed by atoms with Gasteiger partial charge in [0.05, 0.1) is 17.5 Å². The largest absolute Gasteiger partial charge is 0.345 e. The number of hydrogen-bond acceptors (Lipinski definition) is 2. The fourth-order valence-corrected chi connectivity index (χ4v) is 4.78. The Hall–Kier alpha value is -2.74. The van der Waals surface area contributed by atoms with E-state index in [9.17, 15) is 0 Å². The van der Waals surface area contributed by atoms with Crippen LogP contribution in [0.5, 0.6) is 0 Å². The minimum absolute atomic E-state index is 0.311. The summed E-state index contributed by atoms with van der Waals surface area (Å²) in [5.41, 5.74) is 13.8. The van der Waals surface area contributed by atoms with Crippen molar-refractivity contribution in [2.45, 2.75) is 67.7 Å². The highest BCUT2D eigenvalue weighted by Gasteiger charge is 2.32. The molecule has 0 bridgehead atoms. The number of hydrogen-bond donors (Lipinski definition) is 0. The van der Waals surface area contributed by atoms with Crippen LogP contribution in [-0.4, -0.2) is 6.17 Å². The van der Waals surface area contributed by atoms with Gasteiger partial charge in [0.15, 0.2) is 0 Å². The van der Waals surface area contributed by atoms with Crippen LogP contribution >= 0.6 is 0 Å². The van der Waals surface area contributed by atoms with E-state index in [1.807, 2.05) is 0 Å². The topological polar surface area (TPSA) is 6.48 Å². The molecule has 0 radical (unpaired) electrons. The lowest BCUT2D eigenvalue weighted by Crippen LogP contribution is -2.40. The van der Waals surface area contributed by atoms with E-state index in [1.54, 1.807) is 0 Å². The maximum atomic E-state index is 2.55. The molecule has 0 unspecified atom stereocenters. The van der Waals surface area contributed by atoms with E-state index in [2.05, 4.69) is 107 Å².